The molecule has 36 heavy (non-hydrogen) atoms. The summed E-state index contributed by atoms with van der Waals surface area (Å²) in [7, 11) is 4.30. The van der Waals surface area contributed by atoms with Crippen LogP contribution >= 0.6 is 0 Å². The van der Waals surface area contributed by atoms with Crippen molar-refractivity contribution in [1.29, 1.82) is 0 Å². The number of carbonyl (C=O) groups excluding carboxylic acids is 2. The first-order chi connectivity index (χ1) is 17.5. The summed E-state index contributed by atoms with van der Waals surface area (Å²) < 4.78 is 10.8. The number of hydrogen-bond acceptors (Lipinski definition) is 6. The number of benzene rings is 1. The van der Waals surface area contributed by atoms with Crippen LogP contribution in [0.3, 0.4) is 0 Å². The Morgan fingerprint density at radius 1 is 0.611 bits per heavy atom. The molecule has 0 aliphatic rings. The van der Waals surface area contributed by atoms with E-state index in [1.165, 1.54) is 51.4 Å². The maximum atomic E-state index is 12.4. The second-order valence-electron chi connectivity index (χ2n) is 9.99. The molecule has 0 aliphatic carbocycles. The lowest BCUT2D eigenvalue weighted by molar-refractivity contribution is 0.0494. The van der Waals surface area contributed by atoms with Crippen LogP contribution in [-0.2, 0) is 9.47 Å². The van der Waals surface area contributed by atoms with Gasteiger partial charge in [-0.05, 0) is 97.0 Å². The van der Waals surface area contributed by atoms with Crippen LogP contribution in [0.1, 0.15) is 112 Å². The highest BCUT2D eigenvalue weighted by Crippen LogP contribution is 2.10. The monoisotopic (exact) mass is 504 g/mol. The predicted molar refractivity (Wildman–Crippen MR) is 149 cm³/mol. The van der Waals surface area contributed by atoms with Crippen molar-refractivity contribution in [2.75, 3.05) is 53.5 Å². The Morgan fingerprint density at radius 2 is 1.00 bits per heavy atom. The van der Waals surface area contributed by atoms with E-state index in [2.05, 4.69) is 37.7 Å². The van der Waals surface area contributed by atoms with Crippen LogP contribution in [0.5, 0.6) is 0 Å². The minimum atomic E-state index is -0.389. The molecule has 0 N–H and O–H groups in total. The maximum Gasteiger partial charge on any atom is 0.338 e. The molecule has 0 spiro atoms. The molecule has 0 radical (unpaired) electrons. The molecule has 0 amide bonds. The fourth-order valence-corrected chi connectivity index (χ4v) is 4.08. The van der Waals surface area contributed by atoms with Crippen LogP contribution in [0.15, 0.2) is 24.3 Å². The quantitative estimate of drug-likeness (QED) is 0.131. The lowest BCUT2D eigenvalue weighted by Crippen LogP contribution is -2.21. The topological polar surface area (TPSA) is 59.1 Å². The average molecular weight is 505 g/mol. The van der Waals surface area contributed by atoms with E-state index in [9.17, 15) is 9.59 Å². The van der Waals surface area contributed by atoms with Gasteiger partial charge in [0.25, 0.3) is 0 Å². The summed E-state index contributed by atoms with van der Waals surface area (Å²) in [6.45, 7) is 9.52. The molecular weight excluding hydrogens is 452 g/mol. The Labute approximate surface area is 220 Å². The molecule has 0 bridgehead atoms. The summed E-state index contributed by atoms with van der Waals surface area (Å²) >= 11 is 0. The molecule has 0 fully saturated rings. The fraction of sp³-hybridized carbons (Fsp3) is 0.733. The molecule has 0 aromatic heterocycles. The summed E-state index contributed by atoms with van der Waals surface area (Å²) in [6.07, 6.45) is 13.9. The van der Waals surface area contributed by atoms with E-state index < -0.39 is 0 Å². The Balaban J connectivity index is 2.21. The standard InChI is InChI=1S/C30H52N2O4/c1-5-7-9-11-20-31(3)22-13-15-24-35-29(33)27-18-17-19-28(26-27)30(34)36-25-16-14-23-32(4)21-12-10-8-6-2/h17-19,26H,5-16,20-25H2,1-4H3. The van der Waals surface area contributed by atoms with Crippen molar-refractivity contribution >= 4 is 11.9 Å². The number of ether oxygens (including phenoxy) is 2. The number of esters is 2. The minimum absolute atomic E-state index is 0.389. The molecule has 6 heteroatoms. The largest absolute Gasteiger partial charge is 0.462 e. The van der Waals surface area contributed by atoms with E-state index in [1.54, 1.807) is 24.3 Å². The first-order valence-corrected chi connectivity index (χ1v) is 14.3. The van der Waals surface area contributed by atoms with Gasteiger partial charge in [0.2, 0.25) is 0 Å². The Morgan fingerprint density at radius 3 is 1.39 bits per heavy atom. The number of unbranched alkanes of at least 4 members (excludes halogenated alkanes) is 8. The number of rotatable bonds is 22. The highest BCUT2D eigenvalue weighted by atomic mass is 16.5. The molecule has 0 saturated heterocycles. The van der Waals surface area contributed by atoms with Crippen molar-refractivity contribution in [2.24, 2.45) is 0 Å². The summed E-state index contributed by atoms with van der Waals surface area (Å²) in [5.74, 6) is -0.779. The average Bonchev–Trinajstić information content (AvgIpc) is 2.88. The molecule has 0 atom stereocenters. The minimum Gasteiger partial charge on any atom is -0.462 e. The van der Waals surface area contributed by atoms with Crippen molar-refractivity contribution in [2.45, 2.75) is 90.9 Å². The van der Waals surface area contributed by atoms with E-state index in [0.717, 1.165) is 51.9 Å². The SMILES string of the molecule is CCCCCCN(C)CCCCOC(=O)c1cccc(C(=O)OCCCCN(C)CCCCCC)c1. The molecule has 1 aromatic rings. The third kappa shape index (κ3) is 15.9. The number of nitrogens with zero attached hydrogens (tertiary/aromatic N) is 2. The van der Waals surface area contributed by atoms with Gasteiger partial charge in [0, 0.05) is 0 Å². The summed E-state index contributed by atoms with van der Waals surface area (Å²) in [5.41, 5.74) is 0.782. The highest BCUT2D eigenvalue weighted by molar-refractivity contribution is 5.95. The highest BCUT2D eigenvalue weighted by Gasteiger charge is 2.13. The summed E-state index contributed by atoms with van der Waals surface area (Å²) in [4.78, 5) is 29.5. The lowest BCUT2D eigenvalue weighted by Gasteiger charge is -2.16. The van der Waals surface area contributed by atoms with Crippen molar-refractivity contribution in [3.63, 3.8) is 0 Å². The molecule has 1 aromatic carbocycles. The second kappa shape index (κ2) is 21.2. The Hall–Kier alpha value is -1.92. The predicted octanol–water partition coefficient (Wildman–Crippen LogP) is 6.58. The Kier molecular flexibility index (Phi) is 18.9. The zero-order chi connectivity index (χ0) is 26.4. The van der Waals surface area contributed by atoms with E-state index in [4.69, 9.17) is 9.47 Å². The van der Waals surface area contributed by atoms with Crippen LogP contribution in [0.2, 0.25) is 0 Å². The third-order valence-corrected chi connectivity index (χ3v) is 6.46. The number of carbonyl (C=O) groups is 2. The van der Waals surface area contributed by atoms with Crippen molar-refractivity contribution in [3.05, 3.63) is 35.4 Å². The zero-order valence-corrected chi connectivity index (χ0v) is 23.6. The van der Waals surface area contributed by atoms with Gasteiger partial charge in [-0.3, -0.25) is 0 Å². The van der Waals surface area contributed by atoms with Crippen LogP contribution in [0, 0.1) is 0 Å². The van der Waals surface area contributed by atoms with Crippen molar-refractivity contribution < 1.29 is 19.1 Å². The van der Waals surface area contributed by atoms with Crippen LogP contribution in [0.25, 0.3) is 0 Å². The Bertz CT molecular complexity index is 655. The summed E-state index contributed by atoms with van der Waals surface area (Å²) in [6, 6.07) is 6.63. The van der Waals surface area contributed by atoms with Gasteiger partial charge in [0.15, 0.2) is 0 Å². The molecular formula is C30H52N2O4. The maximum absolute atomic E-state index is 12.4. The van der Waals surface area contributed by atoms with Gasteiger partial charge in [0.05, 0.1) is 24.3 Å². The molecule has 206 valence electrons. The van der Waals surface area contributed by atoms with Gasteiger partial charge >= 0.3 is 11.9 Å². The molecule has 1 rings (SSSR count). The smallest absolute Gasteiger partial charge is 0.338 e. The molecule has 6 nitrogen and oxygen atoms in total. The molecule has 0 aliphatic heterocycles. The van der Waals surface area contributed by atoms with Crippen molar-refractivity contribution in [1.82, 2.24) is 9.80 Å². The van der Waals surface area contributed by atoms with Crippen LogP contribution in [-0.4, -0.2) is 75.2 Å². The molecule has 0 saturated carbocycles. The summed E-state index contributed by atoms with van der Waals surface area (Å²) in [5, 5.41) is 0. The van der Waals surface area contributed by atoms with Crippen LogP contribution < -0.4 is 0 Å². The van der Waals surface area contributed by atoms with Gasteiger partial charge < -0.3 is 19.3 Å². The molecule has 0 unspecified atom stereocenters. The second-order valence-corrected chi connectivity index (χ2v) is 9.99. The van der Waals surface area contributed by atoms with E-state index in [0.29, 0.717) is 24.3 Å². The van der Waals surface area contributed by atoms with E-state index >= 15 is 0 Å². The zero-order valence-electron chi connectivity index (χ0n) is 23.6. The normalized spacial score (nSPS) is 11.3. The lowest BCUT2D eigenvalue weighted by atomic mass is 10.1. The molecule has 0 heterocycles. The first kappa shape index (κ1) is 32.1. The number of hydrogen-bond donors (Lipinski definition) is 0. The third-order valence-electron chi connectivity index (χ3n) is 6.46. The fourth-order valence-electron chi connectivity index (χ4n) is 4.08. The van der Waals surface area contributed by atoms with Gasteiger partial charge in [-0.2, -0.15) is 0 Å². The van der Waals surface area contributed by atoms with Gasteiger partial charge in [-0.15, -0.1) is 0 Å². The van der Waals surface area contributed by atoms with Gasteiger partial charge in [-0.1, -0.05) is 58.4 Å². The van der Waals surface area contributed by atoms with E-state index in [1.807, 2.05) is 0 Å². The van der Waals surface area contributed by atoms with Gasteiger partial charge in [-0.25, -0.2) is 9.59 Å². The van der Waals surface area contributed by atoms with E-state index in [-0.39, 0.29) is 11.9 Å². The van der Waals surface area contributed by atoms with Crippen LogP contribution in [0.4, 0.5) is 0 Å². The van der Waals surface area contributed by atoms with Gasteiger partial charge in [0.1, 0.15) is 0 Å². The first-order valence-electron chi connectivity index (χ1n) is 14.3. The van der Waals surface area contributed by atoms with Crippen molar-refractivity contribution in [3.8, 4) is 0 Å².